The lowest BCUT2D eigenvalue weighted by molar-refractivity contribution is -0.138. The average molecular weight is 1020 g/mol. The highest BCUT2D eigenvalue weighted by atomic mass is 32.1. The van der Waals surface area contributed by atoms with Crippen LogP contribution in [0.2, 0.25) is 0 Å². The number of halogens is 1. The van der Waals surface area contributed by atoms with Gasteiger partial charge in [0, 0.05) is 67.9 Å². The highest BCUT2D eigenvalue weighted by Crippen LogP contribution is 2.48. The van der Waals surface area contributed by atoms with Crippen LogP contribution >= 0.6 is 11.3 Å². The van der Waals surface area contributed by atoms with Crippen LogP contribution in [0.4, 0.5) is 14.0 Å². The number of allylic oxidation sites excluding steroid dienone is 2. The first-order valence-electron chi connectivity index (χ1n) is 25.7. The molecule has 6 aliphatic rings. The molecule has 3 fully saturated rings. The zero-order valence-electron chi connectivity index (χ0n) is 42.7. The molecule has 2 aromatic carbocycles. The number of hydrogen-bond donors (Lipinski definition) is 2. The van der Waals surface area contributed by atoms with Crippen LogP contribution in [0, 0.1) is 17.7 Å². The second-order valence-electron chi connectivity index (χ2n) is 21.0. The molecule has 3 saturated heterocycles. The largest absolute Gasteiger partial charge is 0.464 e. The van der Waals surface area contributed by atoms with Gasteiger partial charge in [0.25, 0.3) is 0 Å². The first-order chi connectivity index (χ1) is 35.1. The third-order valence-corrected chi connectivity index (χ3v) is 16.4. The Kier molecular flexibility index (Phi) is 14.1. The molecule has 0 bridgehead atoms. The number of nitrogens with one attached hydrogen (secondary N) is 2. The molecule has 10 rings (SSSR count). The number of likely N-dealkylation sites (tertiary alicyclic amines) is 2. The topological polar surface area (TPSA) is 178 Å². The number of methoxy groups -OCH3 is 2. The van der Waals surface area contributed by atoms with Crippen LogP contribution in [0.5, 0.6) is 5.75 Å². The second-order valence-corrected chi connectivity index (χ2v) is 22.1. The van der Waals surface area contributed by atoms with E-state index in [1.807, 2.05) is 62.0 Å². The van der Waals surface area contributed by atoms with Crippen molar-refractivity contribution in [3.05, 3.63) is 81.8 Å². The second kappa shape index (κ2) is 20.5. The average Bonchev–Trinajstić information content (AvgIpc) is 4.24. The Balaban J connectivity index is 0.902. The van der Waals surface area contributed by atoms with Crippen molar-refractivity contribution >= 4 is 68.8 Å². The third-order valence-electron chi connectivity index (χ3n) is 15.3. The van der Waals surface area contributed by atoms with E-state index in [2.05, 4.69) is 40.3 Å². The summed E-state index contributed by atoms with van der Waals surface area (Å²) in [4.78, 5) is 72.2. The summed E-state index contributed by atoms with van der Waals surface area (Å²) < 4.78 is 41.7. The molecule has 0 spiro atoms. The minimum absolute atomic E-state index is 0.109. The summed E-state index contributed by atoms with van der Waals surface area (Å²) in [5.74, 6) is -0.580. The molecule has 73 heavy (non-hydrogen) atoms. The van der Waals surface area contributed by atoms with E-state index in [-0.39, 0.29) is 35.7 Å². The molecule has 6 atom stereocenters. The fourth-order valence-electron chi connectivity index (χ4n) is 11.7. The quantitative estimate of drug-likeness (QED) is 0.132. The van der Waals surface area contributed by atoms with Gasteiger partial charge in [-0.25, -0.2) is 19.0 Å². The number of fused-ring (bicyclic) bond motifs is 5. The van der Waals surface area contributed by atoms with Crippen LogP contribution in [0.15, 0.2) is 65.0 Å². The lowest BCUT2D eigenvalue weighted by Gasteiger charge is -2.40. The fraction of sp³-hybridized carbons (Fsp3) is 0.509. The van der Waals surface area contributed by atoms with Crippen LogP contribution in [0.1, 0.15) is 120 Å². The van der Waals surface area contributed by atoms with Gasteiger partial charge in [0.15, 0.2) is 0 Å². The lowest BCUT2D eigenvalue weighted by Crippen LogP contribution is -2.56. The van der Waals surface area contributed by atoms with Gasteiger partial charge in [-0.05, 0) is 130 Å². The van der Waals surface area contributed by atoms with Gasteiger partial charge >= 0.3 is 12.2 Å². The molecule has 0 saturated carbocycles. The smallest absolute Gasteiger partial charge is 0.407 e. The molecule has 18 heteroatoms. The summed E-state index contributed by atoms with van der Waals surface area (Å²) in [6, 6.07) is 9.79. The van der Waals surface area contributed by atoms with Gasteiger partial charge in [0.05, 0.1) is 58.6 Å². The number of aryl methyl sites for hydroxylation is 1. The predicted octanol–water partition coefficient (Wildman–Crippen LogP) is 9.46. The van der Waals surface area contributed by atoms with E-state index in [0.29, 0.717) is 68.0 Å². The van der Waals surface area contributed by atoms with E-state index < -0.39 is 41.9 Å². The normalized spacial score (nSPS) is 23.0. The zero-order chi connectivity index (χ0) is 51.3. The molecule has 16 nitrogen and oxygen atoms in total. The first-order valence-corrected chi connectivity index (χ1v) is 26.5. The van der Waals surface area contributed by atoms with Crippen molar-refractivity contribution in [1.29, 1.82) is 0 Å². The number of rotatable bonds is 13. The maximum atomic E-state index is 17.0. The van der Waals surface area contributed by atoms with E-state index in [4.69, 9.17) is 33.9 Å². The number of ether oxygens (including phenoxy) is 4. The summed E-state index contributed by atoms with van der Waals surface area (Å²) in [6.07, 6.45) is 10.8. The molecule has 3 unspecified atom stereocenters. The van der Waals surface area contributed by atoms with Gasteiger partial charge in [0.1, 0.15) is 23.7 Å². The molecule has 4 amide bonds. The molecule has 6 aliphatic heterocycles. The molecule has 4 aromatic rings. The Morgan fingerprint density at radius 2 is 1.55 bits per heavy atom. The fourth-order valence-corrected chi connectivity index (χ4v) is 12.8. The van der Waals surface area contributed by atoms with Crippen molar-refractivity contribution < 1.29 is 42.5 Å². The number of amides is 4. The number of hydrogen-bond acceptors (Lipinski definition) is 12. The van der Waals surface area contributed by atoms with Crippen LogP contribution in [0.3, 0.4) is 0 Å². The Morgan fingerprint density at radius 1 is 0.877 bits per heavy atom. The predicted molar refractivity (Wildman–Crippen MR) is 278 cm³/mol. The molecular weight excluding hydrogens is 952 g/mol. The van der Waals surface area contributed by atoms with Crippen molar-refractivity contribution in [1.82, 2.24) is 30.0 Å². The highest BCUT2D eigenvalue weighted by molar-refractivity contribution is 7.11. The van der Waals surface area contributed by atoms with Gasteiger partial charge in [-0.2, -0.15) is 0 Å². The van der Waals surface area contributed by atoms with E-state index in [1.54, 1.807) is 23.6 Å². The number of aromatic nitrogens is 2. The van der Waals surface area contributed by atoms with Crippen molar-refractivity contribution in [3.8, 4) is 17.0 Å². The number of aliphatic imine (C=N–C) groups is 2. The van der Waals surface area contributed by atoms with Gasteiger partial charge in [-0.1, -0.05) is 26.8 Å². The van der Waals surface area contributed by atoms with Crippen molar-refractivity contribution in [2.24, 2.45) is 21.8 Å². The molecular formula is C55H65FN8O8S. The van der Waals surface area contributed by atoms with Gasteiger partial charge in [0.2, 0.25) is 18.0 Å². The molecule has 2 N–H and O–H groups in total. The van der Waals surface area contributed by atoms with E-state index in [0.717, 1.165) is 87.4 Å². The maximum Gasteiger partial charge on any atom is 0.407 e. The Hall–Kier alpha value is -6.40. The molecule has 0 radical (unpaired) electrons. The Morgan fingerprint density at radius 3 is 2.21 bits per heavy atom. The molecule has 2 aromatic heterocycles. The summed E-state index contributed by atoms with van der Waals surface area (Å²) in [6.45, 7) is 11.5. The Bertz CT molecular complexity index is 2970. The SMILES string of the molecule is CCCc1ncc(C2Oc3cc(C4=CN=C([C@@H]5CCCN5C(=O)[C@@H](NC(=O)OC)C(C)C)C4)cc(F)c3-c3cc4cc(C5=CN=C([C@@H]6CCCN6C(=O)C(NC(=O)OC)C6CCOC(C)(C)C6)C5)ccc4n32)s1. The number of nitrogens with zero attached hydrogens (tertiary/aromatic N) is 6. The first kappa shape index (κ1) is 50.1. The minimum atomic E-state index is -0.748. The van der Waals surface area contributed by atoms with Crippen LogP contribution in [-0.4, -0.2) is 118 Å². The number of alkyl carbamates (subject to hydrolysis) is 2. The lowest BCUT2D eigenvalue weighted by atomic mass is 9.82. The standard InChI is InChI=1S/C55H65FN8O8S/c1-8-11-46-59-29-45(73-46)52-64-40-15-14-31(35-22-38(57-27-35)42-13-10-18-63(42)51(66)49(61-54(68)70-7)32-16-19-71-55(4,5)26-32)20-34(40)24-43(64)47-37(56)21-33(25-44(47)72-52)36-23-39(58-28-36)41-12-9-17-62(41)50(65)48(30(2)3)60-53(67)69-6/h14-15,20-21,24-25,27-30,32,41-42,48-49,52H,8-13,16-19,22-23,26H2,1-7H3,(H,60,67)(H,61,68)/t32?,41-,42-,48-,49?,52?/m0/s1. The molecule has 386 valence electrons. The zero-order valence-corrected chi connectivity index (χ0v) is 43.5. The summed E-state index contributed by atoms with van der Waals surface area (Å²) >= 11 is 1.60. The van der Waals surface area contributed by atoms with Gasteiger partial charge < -0.3 is 39.4 Å². The number of benzene rings is 2. The van der Waals surface area contributed by atoms with Gasteiger partial charge in [-0.15, -0.1) is 11.3 Å². The Labute approximate surface area is 429 Å². The maximum absolute atomic E-state index is 17.0. The molecule has 0 aliphatic carbocycles. The van der Waals surface area contributed by atoms with E-state index >= 15 is 4.39 Å². The van der Waals surface area contributed by atoms with Gasteiger partial charge in [-0.3, -0.25) is 24.1 Å². The summed E-state index contributed by atoms with van der Waals surface area (Å²) in [5.41, 5.74) is 6.70. The van der Waals surface area contributed by atoms with E-state index in [9.17, 15) is 19.2 Å². The van der Waals surface area contributed by atoms with E-state index in [1.165, 1.54) is 14.2 Å². The summed E-state index contributed by atoms with van der Waals surface area (Å²) in [5, 5.41) is 7.50. The number of carbonyl (C=O) groups is 4. The van der Waals surface area contributed by atoms with Crippen molar-refractivity contribution in [2.75, 3.05) is 33.9 Å². The van der Waals surface area contributed by atoms with Crippen LogP contribution < -0.4 is 15.4 Å². The van der Waals surface area contributed by atoms with Crippen molar-refractivity contribution in [2.45, 2.75) is 135 Å². The monoisotopic (exact) mass is 1020 g/mol. The minimum Gasteiger partial charge on any atom is -0.464 e. The highest BCUT2D eigenvalue weighted by Gasteiger charge is 2.44. The van der Waals surface area contributed by atoms with Crippen molar-refractivity contribution in [3.63, 3.8) is 0 Å². The number of thiazole rings is 1. The molecule has 8 heterocycles. The third kappa shape index (κ3) is 9.79. The van der Waals surface area contributed by atoms with Crippen LogP contribution in [0.25, 0.3) is 33.3 Å². The number of carbonyl (C=O) groups excluding carboxylic acids is 4. The van der Waals surface area contributed by atoms with Crippen LogP contribution in [-0.2, 0) is 30.2 Å². The summed E-state index contributed by atoms with van der Waals surface area (Å²) in [7, 11) is 2.59.